The lowest BCUT2D eigenvalue weighted by Gasteiger charge is -2.26. The van der Waals surface area contributed by atoms with Crippen LogP contribution in [0.5, 0.6) is 0 Å². The minimum absolute atomic E-state index is 0.492. The molecule has 0 N–H and O–H groups in total. The quantitative estimate of drug-likeness (QED) is 0.739. The first-order valence-corrected chi connectivity index (χ1v) is 7.14. The Hall–Kier alpha value is -1.98. The van der Waals surface area contributed by atoms with Crippen molar-refractivity contribution in [3.8, 4) is 6.07 Å². The number of halogens is 1. The van der Waals surface area contributed by atoms with Crippen LogP contribution in [0.1, 0.15) is 17.5 Å². The highest BCUT2D eigenvalue weighted by atomic mass is 35.5. The minimum atomic E-state index is 0.492. The zero-order chi connectivity index (χ0) is 14.4. The van der Waals surface area contributed by atoms with E-state index in [1.165, 1.54) is 5.56 Å². The fourth-order valence-corrected chi connectivity index (χ4v) is 2.43. The van der Waals surface area contributed by atoms with Gasteiger partial charge in [-0.25, -0.2) is 0 Å². The van der Waals surface area contributed by atoms with Crippen molar-refractivity contribution in [2.24, 2.45) is 0 Å². The van der Waals surface area contributed by atoms with Crippen molar-refractivity contribution in [3.63, 3.8) is 0 Å². The van der Waals surface area contributed by atoms with Gasteiger partial charge in [0.15, 0.2) is 0 Å². The average Bonchev–Trinajstić information content (AvgIpc) is 2.50. The number of benzene rings is 2. The molecule has 0 atom stereocenters. The van der Waals surface area contributed by atoms with E-state index in [0.717, 1.165) is 16.9 Å². The monoisotopic (exact) mass is 284 g/mol. The van der Waals surface area contributed by atoms with Crippen molar-refractivity contribution >= 4 is 23.0 Å². The van der Waals surface area contributed by atoms with E-state index in [2.05, 4.69) is 42.2 Å². The molecule has 0 unspecified atom stereocenters. The number of hydrogen-bond donors (Lipinski definition) is 0. The zero-order valence-corrected chi connectivity index (χ0v) is 12.3. The number of rotatable bonds is 5. The van der Waals surface area contributed by atoms with Gasteiger partial charge in [-0.3, -0.25) is 0 Å². The van der Waals surface area contributed by atoms with Crippen molar-refractivity contribution in [2.45, 2.75) is 19.2 Å². The van der Waals surface area contributed by atoms with E-state index in [9.17, 15) is 0 Å². The summed E-state index contributed by atoms with van der Waals surface area (Å²) < 4.78 is 0. The lowest BCUT2D eigenvalue weighted by atomic mass is 10.1. The van der Waals surface area contributed by atoms with Crippen LogP contribution in [0.2, 0.25) is 0 Å². The second-order valence-corrected chi connectivity index (χ2v) is 4.92. The molecule has 0 aliphatic rings. The van der Waals surface area contributed by atoms with Gasteiger partial charge in [0.25, 0.3) is 0 Å². The first-order valence-electron chi connectivity index (χ1n) is 6.61. The summed E-state index contributed by atoms with van der Waals surface area (Å²) in [6.07, 6.45) is 0.492. The maximum absolute atomic E-state index is 8.87. The van der Waals surface area contributed by atoms with Crippen LogP contribution in [-0.4, -0.2) is 6.54 Å². The van der Waals surface area contributed by atoms with Crippen molar-refractivity contribution in [1.82, 2.24) is 0 Å². The van der Waals surface area contributed by atoms with Gasteiger partial charge in [-0.05, 0) is 36.2 Å². The molecule has 2 aromatic rings. The third-order valence-corrected chi connectivity index (χ3v) is 3.53. The van der Waals surface area contributed by atoms with Crippen molar-refractivity contribution in [3.05, 3.63) is 59.7 Å². The Bertz CT molecular complexity index is 602. The number of nitrogens with zero attached hydrogens (tertiary/aromatic N) is 2. The number of nitriles is 1. The highest BCUT2D eigenvalue weighted by molar-refractivity contribution is 6.17. The second kappa shape index (κ2) is 6.98. The molecule has 0 radical (unpaired) electrons. The molecule has 0 aliphatic carbocycles. The lowest BCUT2D eigenvalue weighted by molar-refractivity contribution is 0.942. The molecule has 0 fully saturated rings. The van der Waals surface area contributed by atoms with Crippen LogP contribution in [-0.2, 0) is 5.88 Å². The standard InChI is InChI=1S/C17H17ClN2/c1-14-12-15(13-18)8-9-17(14)20(11-5-10-19)16-6-3-2-4-7-16/h2-4,6-9,12H,5,11,13H2,1H3. The predicted molar refractivity (Wildman–Crippen MR) is 84.4 cm³/mol. The van der Waals surface area contributed by atoms with Crippen LogP contribution < -0.4 is 4.90 Å². The largest absolute Gasteiger partial charge is 0.340 e. The van der Waals surface area contributed by atoms with Crippen LogP contribution >= 0.6 is 11.6 Å². The number of alkyl halides is 1. The summed E-state index contributed by atoms with van der Waals surface area (Å²) in [5.41, 5.74) is 4.51. The fraction of sp³-hybridized carbons (Fsp3) is 0.235. The molecule has 0 aliphatic heterocycles. The van der Waals surface area contributed by atoms with Crippen LogP contribution in [0, 0.1) is 18.3 Å². The third kappa shape index (κ3) is 3.31. The van der Waals surface area contributed by atoms with Crippen molar-refractivity contribution < 1.29 is 0 Å². The minimum Gasteiger partial charge on any atom is -0.340 e. The molecule has 0 heterocycles. The number of anilines is 2. The van der Waals surface area contributed by atoms with Gasteiger partial charge in [0, 0.05) is 23.8 Å². The Morgan fingerprint density at radius 1 is 1.15 bits per heavy atom. The zero-order valence-electron chi connectivity index (χ0n) is 11.5. The SMILES string of the molecule is Cc1cc(CCl)ccc1N(CCC#N)c1ccccc1. The molecule has 102 valence electrons. The van der Waals surface area contributed by atoms with E-state index in [-0.39, 0.29) is 0 Å². The highest BCUT2D eigenvalue weighted by Crippen LogP contribution is 2.29. The molecular weight excluding hydrogens is 268 g/mol. The van der Waals surface area contributed by atoms with Gasteiger partial charge in [0.2, 0.25) is 0 Å². The molecule has 0 bridgehead atoms. The summed E-state index contributed by atoms with van der Waals surface area (Å²) in [4.78, 5) is 2.18. The van der Waals surface area contributed by atoms with Gasteiger partial charge < -0.3 is 4.90 Å². The molecular formula is C17H17ClN2. The van der Waals surface area contributed by atoms with E-state index < -0.39 is 0 Å². The molecule has 2 rings (SSSR count). The Morgan fingerprint density at radius 2 is 1.90 bits per heavy atom. The van der Waals surface area contributed by atoms with Crippen molar-refractivity contribution in [2.75, 3.05) is 11.4 Å². The molecule has 0 aromatic heterocycles. The average molecular weight is 285 g/mol. The summed E-state index contributed by atoms with van der Waals surface area (Å²) in [7, 11) is 0. The molecule has 0 amide bonds. The molecule has 0 spiro atoms. The van der Waals surface area contributed by atoms with Crippen LogP contribution in [0.25, 0.3) is 0 Å². The summed E-state index contributed by atoms with van der Waals surface area (Å²) >= 11 is 5.87. The maximum Gasteiger partial charge on any atom is 0.0640 e. The smallest absolute Gasteiger partial charge is 0.0640 e. The normalized spacial score (nSPS) is 10.1. The van der Waals surface area contributed by atoms with E-state index >= 15 is 0 Å². The molecule has 3 heteroatoms. The number of para-hydroxylation sites is 1. The number of aryl methyl sites for hydroxylation is 1. The molecule has 2 aromatic carbocycles. The van der Waals surface area contributed by atoms with E-state index in [4.69, 9.17) is 16.9 Å². The Balaban J connectivity index is 2.39. The third-order valence-electron chi connectivity index (χ3n) is 3.22. The topological polar surface area (TPSA) is 27.0 Å². The highest BCUT2D eigenvalue weighted by Gasteiger charge is 2.11. The lowest BCUT2D eigenvalue weighted by Crippen LogP contribution is -2.19. The van der Waals surface area contributed by atoms with Gasteiger partial charge in [-0.2, -0.15) is 5.26 Å². The summed E-state index contributed by atoms with van der Waals surface area (Å²) in [5, 5.41) is 8.87. The Labute approximate surface area is 125 Å². The first-order chi connectivity index (χ1) is 9.76. The predicted octanol–water partition coefficient (Wildman–Crippen LogP) is 4.79. The molecule has 20 heavy (non-hydrogen) atoms. The van der Waals surface area contributed by atoms with Crippen LogP contribution in [0.15, 0.2) is 48.5 Å². The van der Waals surface area contributed by atoms with Gasteiger partial charge in [-0.1, -0.05) is 30.3 Å². The van der Waals surface area contributed by atoms with Gasteiger partial charge in [0.05, 0.1) is 12.5 Å². The fourth-order valence-electron chi connectivity index (χ4n) is 2.26. The van der Waals surface area contributed by atoms with E-state index in [1.807, 2.05) is 24.3 Å². The summed E-state index contributed by atoms with van der Waals surface area (Å²) in [5.74, 6) is 0.519. The van der Waals surface area contributed by atoms with E-state index in [1.54, 1.807) is 0 Å². The Morgan fingerprint density at radius 3 is 2.50 bits per heavy atom. The van der Waals surface area contributed by atoms with Gasteiger partial charge in [-0.15, -0.1) is 11.6 Å². The van der Waals surface area contributed by atoms with Crippen LogP contribution in [0.3, 0.4) is 0 Å². The molecule has 2 nitrogen and oxygen atoms in total. The van der Waals surface area contributed by atoms with Crippen molar-refractivity contribution in [1.29, 1.82) is 5.26 Å². The molecule has 0 saturated carbocycles. The summed E-state index contributed by atoms with van der Waals surface area (Å²) in [6.45, 7) is 2.76. The first kappa shape index (κ1) is 14.4. The second-order valence-electron chi connectivity index (χ2n) is 4.65. The van der Waals surface area contributed by atoms with Gasteiger partial charge >= 0.3 is 0 Å². The maximum atomic E-state index is 8.87. The van der Waals surface area contributed by atoms with Gasteiger partial charge in [0.1, 0.15) is 0 Å². The molecule has 0 saturated heterocycles. The number of hydrogen-bond acceptors (Lipinski definition) is 2. The Kier molecular flexibility index (Phi) is 5.03. The van der Waals surface area contributed by atoms with E-state index in [0.29, 0.717) is 18.8 Å². The van der Waals surface area contributed by atoms with Crippen LogP contribution in [0.4, 0.5) is 11.4 Å². The summed E-state index contributed by atoms with van der Waals surface area (Å²) in [6, 6.07) is 18.6.